The molecule has 1 amide bonds. The maximum Gasteiger partial charge on any atom is 0.413 e. The molecule has 1 N–H and O–H groups in total. The van der Waals surface area contributed by atoms with Crippen LogP contribution in [0.5, 0.6) is 0 Å². The molecule has 0 saturated heterocycles. The monoisotopic (exact) mass is 305 g/mol. The second-order valence-corrected chi connectivity index (χ2v) is 5.82. The molecule has 2 rings (SSSR count). The lowest BCUT2D eigenvalue weighted by molar-refractivity contribution is 0.0635. The van der Waals surface area contributed by atoms with E-state index in [9.17, 15) is 4.79 Å². The zero-order valence-corrected chi connectivity index (χ0v) is 12.8. The smallest absolute Gasteiger partial charge is 0.413 e. The van der Waals surface area contributed by atoms with Gasteiger partial charge in [-0.15, -0.1) is 0 Å². The van der Waals surface area contributed by atoms with E-state index in [0.29, 0.717) is 10.8 Å². The fourth-order valence-corrected chi connectivity index (χ4v) is 1.91. The Kier molecular flexibility index (Phi) is 4.43. The first-order valence-corrected chi connectivity index (χ1v) is 6.79. The molecule has 21 heavy (non-hydrogen) atoms. The van der Waals surface area contributed by atoms with E-state index in [0.717, 1.165) is 11.1 Å². The molecular weight excluding hydrogens is 290 g/mol. The summed E-state index contributed by atoms with van der Waals surface area (Å²) in [6.45, 7) is 5.40. The first-order chi connectivity index (χ1) is 9.85. The molecule has 0 aliphatic carbocycles. The number of aromatic nitrogens is 2. The predicted octanol–water partition coefficient (Wildman–Crippen LogP) is 4.14. The van der Waals surface area contributed by atoms with E-state index in [4.69, 9.17) is 16.3 Å². The third-order valence-electron chi connectivity index (χ3n) is 2.47. The Bertz CT molecular complexity index is 653. The van der Waals surface area contributed by atoms with Crippen LogP contribution in [0, 0.1) is 0 Å². The summed E-state index contributed by atoms with van der Waals surface area (Å²) < 4.78 is 5.18. The van der Waals surface area contributed by atoms with E-state index >= 15 is 0 Å². The Morgan fingerprint density at radius 3 is 2.71 bits per heavy atom. The highest BCUT2D eigenvalue weighted by Gasteiger charge is 2.16. The van der Waals surface area contributed by atoms with E-state index in [2.05, 4.69) is 15.3 Å². The number of nitrogens with one attached hydrogen (secondary N) is 1. The van der Waals surface area contributed by atoms with Crippen molar-refractivity contribution in [2.24, 2.45) is 0 Å². The average molecular weight is 306 g/mol. The lowest BCUT2D eigenvalue weighted by atomic mass is 10.1. The van der Waals surface area contributed by atoms with Crippen LogP contribution < -0.4 is 5.32 Å². The Balaban J connectivity index is 2.19. The van der Waals surface area contributed by atoms with Crippen LogP contribution in [-0.2, 0) is 4.74 Å². The lowest BCUT2D eigenvalue weighted by Gasteiger charge is -2.19. The molecule has 0 fully saturated rings. The number of carbonyl (C=O) groups excluding carboxylic acids is 1. The maximum absolute atomic E-state index is 11.7. The molecule has 0 spiro atoms. The lowest BCUT2D eigenvalue weighted by Crippen LogP contribution is -2.27. The van der Waals surface area contributed by atoms with Gasteiger partial charge in [0.2, 0.25) is 0 Å². The van der Waals surface area contributed by atoms with Gasteiger partial charge in [0.1, 0.15) is 11.4 Å². The number of amides is 1. The van der Waals surface area contributed by atoms with E-state index in [1.807, 2.05) is 6.07 Å². The number of nitrogens with zero attached hydrogens (tertiary/aromatic N) is 2. The number of anilines is 1. The van der Waals surface area contributed by atoms with Crippen molar-refractivity contribution in [3.05, 3.63) is 41.8 Å². The molecule has 2 aromatic heterocycles. The summed E-state index contributed by atoms with van der Waals surface area (Å²) in [5, 5.41) is 3.13. The predicted molar refractivity (Wildman–Crippen MR) is 82.3 cm³/mol. The van der Waals surface area contributed by atoms with Gasteiger partial charge in [-0.05, 0) is 44.5 Å². The molecule has 5 nitrogen and oxygen atoms in total. The summed E-state index contributed by atoms with van der Waals surface area (Å²) in [5.41, 5.74) is 1.10. The minimum atomic E-state index is -0.559. The van der Waals surface area contributed by atoms with Gasteiger partial charge >= 0.3 is 6.09 Å². The minimum absolute atomic E-state index is 0.398. The minimum Gasteiger partial charge on any atom is -0.444 e. The molecule has 0 atom stereocenters. The quantitative estimate of drug-likeness (QED) is 0.905. The third kappa shape index (κ3) is 4.43. The molecule has 2 aromatic rings. The van der Waals surface area contributed by atoms with Crippen molar-refractivity contribution in [1.82, 2.24) is 9.97 Å². The van der Waals surface area contributed by atoms with Crippen molar-refractivity contribution in [3.8, 4) is 11.1 Å². The second-order valence-electron chi connectivity index (χ2n) is 5.41. The van der Waals surface area contributed by atoms with Gasteiger partial charge in [0, 0.05) is 24.2 Å². The molecule has 0 saturated carbocycles. The topological polar surface area (TPSA) is 64.1 Å². The van der Waals surface area contributed by atoms with E-state index < -0.39 is 11.7 Å². The van der Waals surface area contributed by atoms with E-state index in [1.165, 1.54) is 0 Å². The van der Waals surface area contributed by atoms with Crippen LogP contribution in [0.2, 0.25) is 5.02 Å². The molecule has 0 aromatic carbocycles. The normalized spacial score (nSPS) is 11.0. The molecule has 6 heteroatoms. The molecule has 0 aliphatic heterocycles. The number of halogens is 1. The van der Waals surface area contributed by atoms with E-state index in [1.54, 1.807) is 51.5 Å². The number of hydrogen-bond donors (Lipinski definition) is 1. The van der Waals surface area contributed by atoms with Crippen molar-refractivity contribution in [2.75, 3.05) is 5.32 Å². The van der Waals surface area contributed by atoms with Crippen LogP contribution in [0.4, 0.5) is 10.6 Å². The van der Waals surface area contributed by atoms with Gasteiger partial charge < -0.3 is 4.74 Å². The number of hydrogen-bond acceptors (Lipinski definition) is 4. The first-order valence-electron chi connectivity index (χ1n) is 6.41. The highest BCUT2D eigenvalue weighted by molar-refractivity contribution is 6.33. The van der Waals surface area contributed by atoms with Crippen molar-refractivity contribution >= 4 is 23.5 Å². The summed E-state index contributed by atoms with van der Waals surface area (Å²) in [7, 11) is 0. The molecule has 0 bridgehead atoms. The standard InChI is InChI=1S/C15H16ClN3O2/c1-15(2,3)21-14(20)19-13-8-10(4-7-18-13)11-5-6-17-9-12(11)16/h4-9H,1-3H3,(H,18,19,20). The fraction of sp³-hybridized carbons (Fsp3) is 0.267. The van der Waals surface area contributed by atoms with Gasteiger partial charge in [-0.1, -0.05) is 11.6 Å². The van der Waals surface area contributed by atoms with Crippen molar-refractivity contribution in [3.63, 3.8) is 0 Å². The summed E-state index contributed by atoms with van der Waals surface area (Å²) in [6.07, 6.45) is 4.27. The van der Waals surface area contributed by atoms with Crippen molar-refractivity contribution < 1.29 is 9.53 Å². The Morgan fingerprint density at radius 2 is 2.05 bits per heavy atom. The highest BCUT2D eigenvalue weighted by atomic mass is 35.5. The number of carbonyl (C=O) groups is 1. The largest absolute Gasteiger partial charge is 0.444 e. The van der Waals surface area contributed by atoms with Crippen LogP contribution in [0.1, 0.15) is 20.8 Å². The zero-order chi connectivity index (χ0) is 15.5. The Hall–Kier alpha value is -2.14. The van der Waals surface area contributed by atoms with Gasteiger partial charge in [0.15, 0.2) is 0 Å². The van der Waals surface area contributed by atoms with Crippen LogP contribution in [0.25, 0.3) is 11.1 Å². The van der Waals surface area contributed by atoms with Gasteiger partial charge in [0.25, 0.3) is 0 Å². The highest BCUT2D eigenvalue weighted by Crippen LogP contribution is 2.27. The average Bonchev–Trinajstić information content (AvgIpc) is 2.37. The molecule has 0 aliphatic rings. The fourth-order valence-electron chi connectivity index (χ4n) is 1.68. The van der Waals surface area contributed by atoms with Crippen LogP contribution >= 0.6 is 11.6 Å². The number of ether oxygens (including phenoxy) is 1. The van der Waals surface area contributed by atoms with Crippen LogP contribution in [0.3, 0.4) is 0 Å². The summed E-state index contributed by atoms with van der Waals surface area (Å²) in [6, 6.07) is 5.33. The molecule has 110 valence electrons. The van der Waals surface area contributed by atoms with Crippen molar-refractivity contribution in [1.29, 1.82) is 0 Å². The summed E-state index contributed by atoms with van der Waals surface area (Å²) in [5.74, 6) is 0.398. The molecule has 0 unspecified atom stereocenters. The zero-order valence-electron chi connectivity index (χ0n) is 12.1. The summed E-state index contributed by atoms with van der Waals surface area (Å²) >= 11 is 6.11. The molecular formula is C15H16ClN3O2. The van der Waals surface area contributed by atoms with Gasteiger partial charge in [-0.2, -0.15) is 0 Å². The Morgan fingerprint density at radius 1 is 1.29 bits per heavy atom. The van der Waals surface area contributed by atoms with Gasteiger partial charge in [0.05, 0.1) is 5.02 Å². The SMILES string of the molecule is CC(C)(C)OC(=O)Nc1cc(-c2ccncc2Cl)ccn1. The Labute approximate surface area is 128 Å². The van der Waals surface area contributed by atoms with Crippen LogP contribution in [0.15, 0.2) is 36.8 Å². The second kappa shape index (κ2) is 6.10. The summed E-state index contributed by atoms with van der Waals surface area (Å²) in [4.78, 5) is 19.8. The van der Waals surface area contributed by atoms with Crippen molar-refractivity contribution in [2.45, 2.75) is 26.4 Å². The molecule has 0 radical (unpaired) electrons. The van der Waals surface area contributed by atoms with Crippen LogP contribution in [-0.4, -0.2) is 21.7 Å². The van der Waals surface area contributed by atoms with Gasteiger partial charge in [-0.25, -0.2) is 9.78 Å². The maximum atomic E-state index is 11.7. The van der Waals surface area contributed by atoms with E-state index in [-0.39, 0.29) is 0 Å². The first kappa shape index (κ1) is 15.3. The van der Waals surface area contributed by atoms with Gasteiger partial charge in [-0.3, -0.25) is 10.3 Å². The molecule has 2 heterocycles. The number of rotatable bonds is 2. The third-order valence-corrected chi connectivity index (χ3v) is 2.77. The number of pyridine rings is 2.